The fourth-order valence-electron chi connectivity index (χ4n) is 3.39. The number of hydrogen-bond acceptors (Lipinski definition) is 3. The van der Waals surface area contributed by atoms with E-state index in [0.717, 1.165) is 24.3 Å². The van der Waals surface area contributed by atoms with Gasteiger partial charge in [-0.05, 0) is 24.0 Å². The van der Waals surface area contributed by atoms with Gasteiger partial charge < -0.3 is 0 Å². The molecule has 2 unspecified atom stereocenters. The second kappa shape index (κ2) is 4.30. The molecule has 0 aromatic carbocycles. The summed E-state index contributed by atoms with van der Waals surface area (Å²) < 4.78 is 0. The van der Waals surface area contributed by atoms with Crippen molar-refractivity contribution in [2.45, 2.75) is 40.0 Å². The van der Waals surface area contributed by atoms with E-state index in [1.54, 1.807) is 0 Å². The summed E-state index contributed by atoms with van der Waals surface area (Å²) in [5.41, 5.74) is -0.0591. The summed E-state index contributed by atoms with van der Waals surface area (Å²) in [6, 6.07) is 0. The Hall–Kier alpha value is -0.510. The lowest BCUT2D eigenvalue weighted by Crippen LogP contribution is -2.60. The monoisotopic (exact) mass is 255 g/mol. The SMILES string of the molecule is CCC1C(=O)NC(=O)CC12CSCCC2(C)C. The third-order valence-electron chi connectivity index (χ3n) is 4.71. The average Bonchev–Trinajstić information content (AvgIpc) is 2.22. The molecule has 2 rings (SSSR count). The largest absolute Gasteiger partial charge is 0.296 e. The summed E-state index contributed by atoms with van der Waals surface area (Å²) in [7, 11) is 0. The Morgan fingerprint density at radius 3 is 2.71 bits per heavy atom. The van der Waals surface area contributed by atoms with Crippen molar-refractivity contribution >= 4 is 23.6 Å². The summed E-state index contributed by atoms with van der Waals surface area (Å²) in [5.74, 6) is 1.93. The predicted molar refractivity (Wildman–Crippen MR) is 69.7 cm³/mol. The molecule has 2 saturated heterocycles. The van der Waals surface area contributed by atoms with Crippen LogP contribution < -0.4 is 5.32 Å². The van der Waals surface area contributed by atoms with Gasteiger partial charge in [0.15, 0.2) is 0 Å². The second-order valence-electron chi connectivity index (χ2n) is 5.89. The summed E-state index contributed by atoms with van der Waals surface area (Å²) in [5, 5.41) is 2.50. The first-order valence-electron chi connectivity index (χ1n) is 6.34. The van der Waals surface area contributed by atoms with Crippen LogP contribution in [-0.2, 0) is 9.59 Å². The van der Waals surface area contributed by atoms with Gasteiger partial charge in [-0.2, -0.15) is 11.8 Å². The van der Waals surface area contributed by atoms with Gasteiger partial charge in [0.1, 0.15) is 0 Å². The molecule has 0 aliphatic carbocycles. The lowest BCUT2D eigenvalue weighted by Gasteiger charge is -2.55. The van der Waals surface area contributed by atoms with E-state index in [4.69, 9.17) is 0 Å². The number of amides is 2. The molecule has 0 radical (unpaired) electrons. The molecule has 0 bridgehead atoms. The fourth-order valence-corrected chi connectivity index (χ4v) is 5.25. The number of nitrogens with one attached hydrogen (secondary N) is 1. The predicted octanol–water partition coefficient (Wildman–Crippen LogP) is 2.21. The number of imide groups is 1. The Morgan fingerprint density at radius 1 is 1.41 bits per heavy atom. The van der Waals surface area contributed by atoms with Crippen LogP contribution in [0, 0.1) is 16.7 Å². The van der Waals surface area contributed by atoms with Crippen LogP contribution in [0.15, 0.2) is 0 Å². The Balaban J connectivity index is 2.42. The summed E-state index contributed by atoms with van der Waals surface area (Å²) in [4.78, 5) is 23.8. The van der Waals surface area contributed by atoms with E-state index in [1.807, 2.05) is 11.8 Å². The van der Waals surface area contributed by atoms with Gasteiger partial charge in [-0.25, -0.2) is 0 Å². The Morgan fingerprint density at radius 2 is 2.12 bits per heavy atom. The summed E-state index contributed by atoms with van der Waals surface area (Å²) >= 11 is 1.89. The topological polar surface area (TPSA) is 46.2 Å². The van der Waals surface area contributed by atoms with E-state index in [0.29, 0.717) is 6.42 Å². The quantitative estimate of drug-likeness (QED) is 0.731. The van der Waals surface area contributed by atoms with E-state index < -0.39 is 0 Å². The Bertz CT molecular complexity index is 353. The van der Waals surface area contributed by atoms with E-state index in [1.165, 1.54) is 0 Å². The van der Waals surface area contributed by atoms with Gasteiger partial charge in [0.25, 0.3) is 0 Å². The number of carbonyl (C=O) groups excluding carboxylic acids is 2. The van der Waals surface area contributed by atoms with Gasteiger partial charge in [0.05, 0.1) is 0 Å². The molecule has 2 fully saturated rings. The number of hydrogen-bond donors (Lipinski definition) is 1. The highest BCUT2D eigenvalue weighted by Crippen LogP contribution is 2.57. The number of rotatable bonds is 1. The maximum absolute atomic E-state index is 12.1. The molecule has 96 valence electrons. The van der Waals surface area contributed by atoms with Crippen LogP contribution in [-0.4, -0.2) is 23.3 Å². The van der Waals surface area contributed by atoms with Crippen LogP contribution in [0.5, 0.6) is 0 Å². The zero-order valence-electron chi connectivity index (χ0n) is 10.8. The van der Waals surface area contributed by atoms with E-state index >= 15 is 0 Å². The van der Waals surface area contributed by atoms with E-state index in [-0.39, 0.29) is 28.6 Å². The molecule has 4 heteroatoms. The number of thioether (sulfide) groups is 1. The van der Waals surface area contributed by atoms with Crippen LogP contribution in [0.1, 0.15) is 40.0 Å². The standard InChI is InChI=1S/C13H21NO2S/c1-4-9-11(16)14-10(15)7-13(9)8-17-6-5-12(13,2)3/h9H,4-8H2,1-3H3,(H,14,15,16). The molecule has 0 aromatic rings. The van der Waals surface area contributed by atoms with Crippen molar-refractivity contribution in [1.82, 2.24) is 5.32 Å². The minimum absolute atomic E-state index is 0.0111. The van der Waals surface area contributed by atoms with E-state index in [2.05, 4.69) is 26.1 Å². The molecule has 3 nitrogen and oxygen atoms in total. The molecule has 2 heterocycles. The highest BCUT2D eigenvalue weighted by molar-refractivity contribution is 7.99. The Kier molecular flexibility index (Phi) is 3.27. The maximum atomic E-state index is 12.1. The molecule has 1 spiro atoms. The highest BCUT2D eigenvalue weighted by atomic mass is 32.2. The van der Waals surface area contributed by atoms with Gasteiger partial charge >= 0.3 is 0 Å². The number of piperidine rings is 1. The molecule has 0 aromatic heterocycles. The molecule has 1 N–H and O–H groups in total. The van der Waals surface area contributed by atoms with Gasteiger partial charge in [-0.3, -0.25) is 14.9 Å². The second-order valence-corrected chi connectivity index (χ2v) is 7.00. The fraction of sp³-hybridized carbons (Fsp3) is 0.846. The lowest BCUT2D eigenvalue weighted by molar-refractivity contribution is -0.149. The van der Waals surface area contributed by atoms with Gasteiger partial charge in [-0.1, -0.05) is 20.8 Å². The van der Waals surface area contributed by atoms with Crippen LogP contribution in [0.3, 0.4) is 0 Å². The third kappa shape index (κ3) is 1.90. The van der Waals surface area contributed by atoms with Crippen molar-refractivity contribution in [2.24, 2.45) is 16.7 Å². The maximum Gasteiger partial charge on any atom is 0.230 e. The molecule has 2 atom stereocenters. The van der Waals surface area contributed by atoms with Crippen LogP contribution in [0.4, 0.5) is 0 Å². The van der Waals surface area contributed by atoms with Crippen molar-refractivity contribution in [3.05, 3.63) is 0 Å². The Labute approximate surface area is 107 Å². The van der Waals surface area contributed by atoms with Crippen molar-refractivity contribution in [2.75, 3.05) is 11.5 Å². The lowest BCUT2D eigenvalue weighted by atomic mass is 9.55. The van der Waals surface area contributed by atoms with Crippen molar-refractivity contribution in [3.63, 3.8) is 0 Å². The van der Waals surface area contributed by atoms with Crippen molar-refractivity contribution < 1.29 is 9.59 Å². The zero-order chi connectivity index (χ0) is 12.7. The number of carbonyl (C=O) groups is 2. The van der Waals surface area contributed by atoms with Gasteiger partial charge in [0.2, 0.25) is 11.8 Å². The third-order valence-corrected chi connectivity index (χ3v) is 5.92. The van der Waals surface area contributed by atoms with Gasteiger partial charge in [0, 0.05) is 23.5 Å². The normalized spacial score (nSPS) is 37.0. The smallest absolute Gasteiger partial charge is 0.230 e. The summed E-state index contributed by atoms with van der Waals surface area (Å²) in [6.07, 6.45) is 2.43. The minimum atomic E-state index is -0.135. The first-order chi connectivity index (χ1) is 7.93. The first kappa shape index (κ1) is 12.9. The van der Waals surface area contributed by atoms with Crippen LogP contribution in [0.25, 0.3) is 0 Å². The molecule has 2 aliphatic rings. The minimum Gasteiger partial charge on any atom is -0.296 e. The van der Waals surface area contributed by atoms with Crippen LogP contribution >= 0.6 is 11.8 Å². The molecule has 2 amide bonds. The molecule has 0 saturated carbocycles. The highest BCUT2D eigenvalue weighted by Gasteiger charge is 2.56. The van der Waals surface area contributed by atoms with Crippen molar-refractivity contribution in [1.29, 1.82) is 0 Å². The molecular formula is C13H21NO2S. The zero-order valence-corrected chi connectivity index (χ0v) is 11.7. The van der Waals surface area contributed by atoms with E-state index in [9.17, 15) is 9.59 Å². The van der Waals surface area contributed by atoms with Gasteiger partial charge in [-0.15, -0.1) is 0 Å². The average molecular weight is 255 g/mol. The first-order valence-corrected chi connectivity index (χ1v) is 7.50. The molecular weight excluding hydrogens is 234 g/mol. The molecule has 17 heavy (non-hydrogen) atoms. The molecule has 2 aliphatic heterocycles. The van der Waals surface area contributed by atoms with Crippen LogP contribution in [0.2, 0.25) is 0 Å². The van der Waals surface area contributed by atoms with Crippen molar-refractivity contribution in [3.8, 4) is 0 Å². The summed E-state index contributed by atoms with van der Waals surface area (Å²) in [6.45, 7) is 6.50.